The van der Waals surface area contributed by atoms with Crippen LogP contribution >= 0.6 is 0 Å². The van der Waals surface area contributed by atoms with E-state index in [9.17, 15) is 9.59 Å². The molecule has 7 heteroatoms. The van der Waals surface area contributed by atoms with E-state index in [1.54, 1.807) is 32.2 Å². The Balaban J connectivity index is 1.87. The van der Waals surface area contributed by atoms with E-state index in [4.69, 9.17) is 14.2 Å². The Hall–Kier alpha value is -3.48. The van der Waals surface area contributed by atoms with Crippen molar-refractivity contribution in [1.29, 1.82) is 0 Å². The van der Waals surface area contributed by atoms with Crippen molar-refractivity contribution in [2.45, 2.75) is 26.5 Å². The van der Waals surface area contributed by atoms with E-state index in [0.717, 1.165) is 5.56 Å². The number of ether oxygens (including phenoxy) is 3. The number of nitrogens with one attached hydrogen (secondary N) is 2. The minimum atomic E-state index is -0.656. The molecule has 0 spiro atoms. The van der Waals surface area contributed by atoms with Gasteiger partial charge in [-0.15, -0.1) is 0 Å². The maximum absolute atomic E-state index is 12.2. The SMILES string of the molecule is COC(=O)C1=C(C)NC(=O)N[C@@H]1c1ccc(OCc2ccc(C)cc2)c(OC)c1. The van der Waals surface area contributed by atoms with Crippen LogP contribution in [0.5, 0.6) is 11.5 Å². The number of benzene rings is 2. The van der Waals surface area contributed by atoms with Gasteiger partial charge in [0, 0.05) is 5.70 Å². The molecule has 1 heterocycles. The summed E-state index contributed by atoms with van der Waals surface area (Å²) in [4.78, 5) is 24.2. The first kappa shape index (κ1) is 20.3. The van der Waals surface area contributed by atoms with Crippen LogP contribution in [-0.2, 0) is 16.1 Å². The van der Waals surface area contributed by atoms with E-state index in [-0.39, 0.29) is 6.03 Å². The molecule has 0 aliphatic carbocycles. The van der Waals surface area contributed by atoms with E-state index in [0.29, 0.717) is 34.9 Å². The second-order valence-electron chi connectivity index (χ2n) is 6.75. The number of allylic oxidation sites excluding steroid dienone is 1. The van der Waals surface area contributed by atoms with E-state index >= 15 is 0 Å². The highest BCUT2D eigenvalue weighted by molar-refractivity contribution is 5.95. The van der Waals surface area contributed by atoms with Gasteiger partial charge >= 0.3 is 12.0 Å². The second-order valence-corrected chi connectivity index (χ2v) is 6.75. The maximum atomic E-state index is 12.2. The standard InChI is InChI=1S/C22H24N2O5/c1-13-5-7-15(8-6-13)12-29-17-10-9-16(11-18(17)27-3)20-19(21(25)28-4)14(2)23-22(26)24-20/h5-11,20H,12H2,1-4H3,(H2,23,24,26)/t20-/m1/s1. The second kappa shape index (κ2) is 8.68. The summed E-state index contributed by atoms with van der Waals surface area (Å²) in [5.74, 6) is 0.556. The third-order valence-electron chi connectivity index (χ3n) is 4.71. The number of carbonyl (C=O) groups is 2. The summed E-state index contributed by atoms with van der Waals surface area (Å²) in [7, 11) is 2.85. The first-order chi connectivity index (χ1) is 13.9. The largest absolute Gasteiger partial charge is 0.493 e. The van der Waals surface area contributed by atoms with E-state index in [1.165, 1.54) is 12.7 Å². The van der Waals surface area contributed by atoms with Crippen molar-refractivity contribution in [2.75, 3.05) is 14.2 Å². The third kappa shape index (κ3) is 4.51. The highest BCUT2D eigenvalue weighted by Gasteiger charge is 2.32. The lowest BCUT2D eigenvalue weighted by molar-refractivity contribution is -0.136. The molecule has 3 rings (SSSR count). The summed E-state index contributed by atoms with van der Waals surface area (Å²) in [6, 6.07) is 12.3. The van der Waals surface area contributed by atoms with Crippen molar-refractivity contribution in [3.63, 3.8) is 0 Å². The fourth-order valence-corrected chi connectivity index (χ4v) is 3.15. The van der Waals surface area contributed by atoms with Gasteiger partial charge in [0.2, 0.25) is 0 Å². The zero-order valence-electron chi connectivity index (χ0n) is 16.9. The Morgan fingerprint density at radius 3 is 2.41 bits per heavy atom. The number of esters is 1. The Morgan fingerprint density at radius 2 is 1.76 bits per heavy atom. The molecule has 2 N–H and O–H groups in total. The number of hydrogen-bond donors (Lipinski definition) is 2. The molecule has 0 saturated heterocycles. The molecule has 29 heavy (non-hydrogen) atoms. The van der Waals surface area contributed by atoms with E-state index < -0.39 is 12.0 Å². The van der Waals surface area contributed by atoms with Gasteiger partial charge in [-0.05, 0) is 37.1 Å². The van der Waals surface area contributed by atoms with Gasteiger partial charge in [0.15, 0.2) is 11.5 Å². The molecular weight excluding hydrogens is 372 g/mol. The molecular formula is C22H24N2O5. The number of aryl methyl sites for hydroxylation is 1. The minimum Gasteiger partial charge on any atom is -0.493 e. The molecule has 152 valence electrons. The average molecular weight is 396 g/mol. The van der Waals surface area contributed by atoms with Gasteiger partial charge in [-0.3, -0.25) is 0 Å². The maximum Gasteiger partial charge on any atom is 0.337 e. The number of methoxy groups -OCH3 is 2. The number of carbonyl (C=O) groups excluding carboxylic acids is 2. The Bertz CT molecular complexity index is 950. The normalized spacial score (nSPS) is 16.0. The quantitative estimate of drug-likeness (QED) is 0.731. The number of rotatable bonds is 6. The molecule has 0 fully saturated rings. The van der Waals surface area contributed by atoms with Crippen molar-refractivity contribution in [3.8, 4) is 11.5 Å². The predicted octanol–water partition coefficient (Wildman–Crippen LogP) is 3.38. The molecule has 1 atom stereocenters. The summed E-state index contributed by atoms with van der Waals surface area (Å²) >= 11 is 0. The molecule has 0 saturated carbocycles. The molecule has 0 unspecified atom stereocenters. The monoisotopic (exact) mass is 396 g/mol. The van der Waals surface area contributed by atoms with Crippen LogP contribution in [0, 0.1) is 6.92 Å². The lowest BCUT2D eigenvalue weighted by Gasteiger charge is -2.28. The number of urea groups is 1. The van der Waals surface area contributed by atoms with Gasteiger partial charge in [0.05, 0.1) is 25.8 Å². The fraction of sp³-hybridized carbons (Fsp3) is 0.273. The molecule has 0 radical (unpaired) electrons. The van der Waals surface area contributed by atoms with Crippen LogP contribution in [0.4, 0.5) is 4.79 Å². The summed E-state index contributed by atoms with van der Waals surface area (Å²) < 4.78 is 16.3. The van der Waals surface area contributed by atoms with Crippen LogP contribution in [0.1, 0.15) is 29.7 Å². The van der Waals surface area contributed by atoms with Crippen molar-refractivity contribution in [2.24, 2.45) is 0 Å². The van der Waals surface area contributed by atoms with Crippen LogP contribution < -0.4 is 20.1 Å². The fourth-order valence-electron chi connectivity index (χ4n) is 3.15. The summed E-state index contributed by atoms with van der Waals surface area (Å²) in [5, 5.41) is 5.36. The Morgan fingerprint density at radius 1 is 1.03 bits per heavy atom. The van der Waals surface area contributed by atoms with Crippen molar-refractivity contribution in [3.05, 3.63) is 70.4 Å². The first-order valence-electron chi connectivity index (χ1n) is 9.15. The average Bonchev–Trinajstić information content (AvgIpc) is 2.72. The van der Waals surface area contributed by atoms with Crippen LogP contribution in [0.3, 0.4) is 0 Å². The van der Waals surface area contributed by atoms with Crippen molar-refractivity contribution < 1.29 is 23.8 Å². The lowest BCUT2D eigenvalue weighted by Crippen LogP contribution is -2.45. The van der Waals surface area contributed by atoms with Crippen LogP contribution in [-0.4, -0.2) is 26.2 Å². The first-order valence-corrected chi connectivity index (χ1v) is 9.15. The zero-order chi connectivity index (χ0) is 21.0. The van der Waals surface area contributed by atoms with Crippen LogP contribution in [0.2, 0.25) is 0 Å². The predicted molar refractivity (Wildman–Crippen MR) is 108 cm³/mol. The summed E-state index contributed by atoms with van der Waals surface area (Å²) in [6.07, 6.45) is 0. The minimum absolute atomic E-state index is 0.336. The Labute approximate surface area is 169 Å². The van der Waals surface area contributed by atoms with Gasteiger partial charge in [0.25, 0.3) is 0 Å². The molecule has 1 aliphatic heterocycles. The highest BCUT2D eigenvalue weighted by Crippen LogP contribution is 2.34. The molecule has 7 nitrogen and oxygen atoms in total. The van der Waals surface area contributed by atoms with Gasteiger partial charge in [-0.2, -0.15) is 0 Å². The van der Waals surface area contributed by atoms with E-state index in [1.807, 2.05) is 31.2 Å². The molecule has 1 aliphatic rings. The highest BCUT2D eigenvalue weighted by atomic mass is 16.5. The molecule has 2 aromatic rings. The summed E-state index contributed by atoms with van der Waals surface area (Å²) in [6.45, 7) is 4.09. The van der Waals surface area contributed by atoms with Crippen molar-refractivity contribution >= 4 is 12.0 Å². The van der Waals surface area contributed by atoms with Gasteiger partial charge in [-0.1, -0.05) is 35.9 Å². The Kier molecular flexibility index (Phi) is 6.07. The van der Waals surface area contributed by atoms with E-state index in [2.05, 4.69) is 10.6 Å². The van der Waals surface area contributed by atoms with Gasteiger partial charge < -0.3 is 24.8 Å². The summed E-state index contributed by atoms with van der Waals surface area (Å²) in [5.41, 5.74) is 3.69. The van der Waals surface area contributed by atoms with Crippen molar-refractivity contribution in [1.82, 2.24) is 10.6 Å². The van der Waals surface area contributed by atoms with Crippen LogP contribution in [0.25, 0.3) is 0 Å². The van der Waals surface area contributed by atoms with Crippen LogP contribution in [0.15, 0.2) is 53.7 Å². The number of amides is 2. The third-order valence-corrected chi connectivity index (χ3v) is 4.71. The molecule has 0 bridgehead atoms. The molecule has 0 aromatic heterocycles. The number of hydrogen-bond acceptors (Lipinski definition) is 5. The molecule has 2 aromatic carbocycles. The topological polar surface area (TPSA) is 85.9 Å². The smallest absolute Gasteiger partial charge is 0.337 e. The van der Waals surface area contributed by atoms with Gasteiger partial charge in [0.1, 0.15) is 6.61 Å². The van der Waals surface area contributed by atoms with Gasteiger partial charge in [-0.25, -0.2) is 9.59 Å². The molecule has 2 amide bonds. The zero-order valence-corrected chi connectivity index (χ0v) is 16.9. The lowest BCUT2D eigenvalue weighted by atomic mass is 9.95.